The summed E-state index contributed by atoms with van der Waals surface area (Å²) in [6.07, 6.45) is 3.44. The van der Waals surface area contributed by atoms with E-state index in [4.69, 9.17) is 0 Å². The van der Waals surface area contributed by atoms with Gasteiger partial charge in [0.1, 0.15) is 0 Å². The minimum Gasteiger partial charge on any atom is -0.309 e. The molecule has 18 heavy (non-hydrogen) atoms. The summed E-state index contributed by atoms with van der Waals surface area (Å²) < 4.78 is 26.2. The number of hydrogen-bond donors (Lipinski definition) is 1. The van der Waals surface area contributed by atoms with Crippen molar-refractivity contribution < 1.29 is 8.78 Å². The van der Waals surface area contributed by atoms with Gasteiger partial charge in [-0.05, 0) is 48.9 Å². The molecule has 0 fully saturated rings. The molecule has 0 saturated carbocycles. The summed E-state index contributed by atoms with van der Waals surface area (Å²) in [6.45, 7) is 1.94. The zero-order valence-corrected chi connectivity index (χ0v) is 10.2. The first kappa shape index (κ1) is 12.6. The van der Waals surface area contributed by atoms with Crippen LogP contribution in [0.1, 0.15) is 22.7 Å². The Morgan fingerprint density at radius 2 is 1.94 bits per heavy atom. The van der Waals surface area contributed by atoms with Gasteiger partial charge in [0.05, 0.1) is 6.04 Å². The Labute approximate surface area is 105 Å². The van der Waals surface area contributed by atoms with Crippen LogP contribution in [0.3, 0.4) is 0 Å². The van der Waals surface area contributed by atoms with Crippen LogP contribution in [0.5, 0.6) is 0 Å². The molecule has 2 nitrogen and oxygen atoms in total. The predicted octanol–water partition coefficient (Wildman–Crippen LogP) is 2.98. The molecule has 0 bridgehead atoms. The summed E-state index contributed by atoms with van der Waals surface area (Å²) in [5, 5.41) is 3.11. The van der Waals surface area contributed by atoms with Gasteiger partial charge in [0.15, 0.2) is 11.6 Å². The highest BCUT2D eigenvalue weighted by Crippen LogP contribution is 2.25. The normalized spacial score (nSPS) is 12.4. The Morgan fingerprint density at radius 3 is 2.56 bits per heavy atom. The highest BCUT2D eigenvalue weighted by molar-refractivity contribution is 5.35. The Bertz CT molecular complexity index is 555. The van der Waals surface area contributed by atoms with E-state index in [1.807, 2.05) is 13.0 Å². The van der Waals surface area contributed by atoms with Crippen LogP contribution in [0.25, 0.3) is 0 Å². The average Bonchev–Trinajstić information content (AvgIpc) is 2.37. The van der Waals surface area contributed by atoms with Crippen LogP contribution in [-0.4, -0.2) is 12.0 Å². The lowest BCUT2D eigenvalue weighted by Gasteiger charge is -2.19. The van der Waals surface area contributed by atoms with E-state index in [-0.39, 0.29) is 6.04 Å². The van der Waals surface area contributed by atoms with Crippen molar-refractivity contribution in [3.63, 3.8) is 0 Å². The zero-order valence-electron chi connectivity index (χ0n) is 10.2. The molecule has 0 aliphatic carbocycles. The van der Waals surface area contributed by atoms with Crippen LogP contribution < -0.4 is 5.32 Å². The van der Waals surface area contributed by atoms with Crippen LogP contribution >= 0.6 is 0 Å². The van der Waals surface area contributed by atoms with E-state index in [0.717, 1.165) is 17.2 Å². The fraction of sp³-hybridized carbons (Fsp3) is 0.214. The van der Waals surface area contributed by atoms with E-state index in [2.05, 4.69) is 10.3 Å². The number of rotatable bonds is 3. The molecule has 1 atom stereocenters. The number of pyridine rings is 1. The van der Waals surface area contributed by atoms with Gasteiger partial charge in [0.25, 0.3) is 0 Å². The van der Waals surface area contributed by atoms with Crippen LogP contribution in [0, 0.1) is 18.6 Å². The number of nitrogens with one attached hydrogen (secondary N) is 1. The summed E-state index contributed by atoms with van der Waals surface area (Å²) in [5.41, 5.74) is 2.69. The van der Waals surface area contributed by atoms with Gasteiger partial charge in [-0.2, -0.15) is 0 Å². The lowest BCUT2D eigenvalue weighted by molar-refractivity contribution is 0.505. The fourth-order valence-electron chi connectivity index (χ4n) is 2.00. The molecule has 0 amide bonds. The number of aromatic nitrogens is 1. The maximum atomic E-state index is 13.3. The molecule has 1 heterocycles. The van der Waals surface area contributed by atoms with Crippen molar-refractivity contribution in [2.75, 3.05) is 7.05 Å². The molecule has 4 heteroatoms. The van der Waals surface area contributed by atoms with Crippen molar-refractivity contribution in [3.8, 4) is 0 Å². The molecule has 0 spiro atoms. The first-order valence-corrected chi connectivity index (χ1v) is 5.66. The average molecular weight is 248 g/mol. The largest absolute Gasteiger partial charge is 0.309 e. The van der Waals surface area contributed by atoms with E-state index >= 15 is 0 Å². The van der Waals surface area contributed by atoms with Crippen LogP contribution in [0.15, 0.2) is 36.7 Å². The molecule has 1 N–H and O–H groups in total. The van der Waals surface area contributed by atoms with Gasteiger partial charge in [-0.3, -0.25) is 4.98 Å². The van der Waals surface area contributed by atoms with Gasteiger partial charge in [0, 0.05) is 12.4 Å². The molecule has 0 radical (unpaired) electrons. The quantitative estimate of drug-likeness (QED) is 0.903. The second kappa shape index (κ2) is 5.23. The molecule has 2 aromatic rings. The molecular formula is C14H14F2N2. The van der Waals surface area contributed by atoms with Gasteiger partial charge in [-0.25, -0.2) is 8.78 Å². The molecular weight excluding hydrogens is 234 g/mol. The molecule has 1 aromatic carbocycles. The highest BCUT2D eigenvalue weighted by atomic mass is 19.2. The zero-order chi connectivity index (χ0) is 13.1. The molecule has 1 aromatic heterocycles. The molecule has 0 saturated heterocycles. The molecule has 94 valence electrons. The Hall–Kier alpha value is -1.81. The molecule has 1 unspecified atom stereocenters. The number of aryl methyl sites for hydroxylation is 1. The van der Waals surface area contributed by atoms with Crippen molar-refractivity contribution in [2.45, 2.75) is 13.0 Å². The number of hydrogen-bond acceptors (Lipinski definition) is 2. The van der Waals surface area contributed by atoms with Crippen molar-refractivity contribution in [2.24, 2.45) is 0 Å². The minimum absolute atomic E-state index is 0.178. The van der Waals surface area contributed by atoms with E-state index in [9.17, 15) is 8.78 Å². The third kappa shape index (κ3) is 2.38. The van der Waals surface area contributed by atoms with Gasteiger partial charge in [-0.1, -0.05) is 6.07 Å². The topological polar surface area (TPSA) is 24.9 Å². The third-order valence-corrected chi connectivity index (χ3v) is 2.94. The molecule has 0 aliphatic rings. The standard InChI is InChI=1S/C14H14F2N2/c1-9-8-18-6-5-11(9)14(17-2)10-3-4-12(15)13(16)7-10/h3-8,14,17H,1-2H3. The van der Waals surface area contributed by atoms with Crippen molar-refractivity contribution in [1.82, 2.24) is 10.3 Å². The third-order valence-electron chi connectivity index (χ3n) is 2.94. The molecule has 2 rings (SSSR count). The van der Waals surface area contributed by atoms with Gasteiger partial charge < -0.3 is 5.32 Å². The van der Waals surface area contributed by atoms with Crippen molar-refractivity contribution in [1.29, 1.82) is 0 Å². The van der Waals surface area contributed by atoms with Crippen LogP contribution in [0.2, 0.25) is 0 Å². The van der Waals surface area contributed by atoms with E-state index in [1.54, 1.807) is 25.5 Å². The summed E-state index contributed by atoms with van der Waals surface area (Å²) in [4.78, 5) is 4.03. The van der Waals surface area contributed by atoms with Gasteiger partial charge in [-0.15, -0.1) is 0 Å². The van der Waals surface area contributed by atoms with E-state index in [1.165, 1.54) is 6.07 Å². The maximum Gasteiger partial charge on any atom is 0.159 e. The summed E-state index contributed by atoms with van der Waals surface area (Å²) >= 11 is 0. The van der Waals surface area contributed by atoms with Crippen molar-refractivity contribution >= 4 is 0 Å². The van der Waals surface area contributed by atoms with Gasteiger partial charge in [0.2, 0.25) is 0 Å². The lowest BCUT2D eigenvalue weighted by Crippen LogP contribution is -2.19. The highest BCUT2D eigenvalue weighted by Gasteiger charge is 2.15. The summed E-state index contributed by atoms with van der Waals surface area (Å²) in [7, 11) is 1.78. The second-order valence-corrected chi connectivity index (χ2v) is 4.13. The number of benzene rings is 1. The van der Waals surface area contributed by atoms with Gasteiger partial charge >= 0.3 is 0 Å². The van der Waals surface area contributed by atoms with E-state index in [0.29, 0.717) is 5.56 Å². The fourth-order valence-corrected chi connectivity index (χ4v) is 2.00. The van der Waals surface area contributed by atoms with Crippen LogP contribution in [-0.2, 0) is 0 Å². The SMILES string of the molecule is CNC(c1ccc(F)c(F)c1)c1ccncc1C. The predicted molar refractivity (Wildman–Crippen MR) is 66.2 cm³/mol. The smallest absolute Gasteiger partial charge is 0.159 e. The first-order chi connectivity index (χ1) is 8.63. The monoisotopic (exact) mass is 248 g/mol. The second-order valence-electron chi connectivity index (χ2n) is 4.13. The first-order valence-electron chi connectivity index (χ1n) is 5.66. The summed E-state index contributed by atoms with van der Waals surface area (Å²) in [5.74, 6) is -1.67. The lowest BCUT2D eigenvalue weighted by atomic mass is 9.96. The maximum absolute atomic E-state index is 13.3. The number of halogens is 2. The van der Waals surface area contributed by atoms with Crippen LogP contribution in [0.4, 0.5) is 8.78 Å². The molecule has 0 aliphatic heterocycles. The Kier molecular flexibility index (Phi) is 3.67. The van der Waals surface area contributed by atoms with Crippen molar-refractivity contribution in [3.05, 3.63) is 65.0 Å². The summed E-state index contributed by atoms with van der Waals surface area (Å²) in [6, 6.07) is 5.64. The minimum atomic E-state index is -0.834. The Balaban J connectivity index is 2.45. The Morgan fingerprint density at radius 1 is 1.17 bits per heavy atom. The number of nitrogens with zero attached hydrogens (tertiary/aromatic N) is 1. The van der Waals surface area contributed by atoms with E-state index < -0.39 is 11.6 Å².